The Bertz CT molecular complexity index is 1280. The Balaban J connectivity index is 1.50. The van der Waals surface area contributed by atoms with Gasteiger partial charge in [-0.05, 0) is 57.5 Å². The number of hydrogen-bond acceptors (Lipinski definition) is 5. The van der Waals surface area contributed by atoms with E-state index >= 15 is 0 Å². The first kappa shape index (κ1) is 21.4. The van der Waals surface area contributed by atoms with E-state index in [2.05, 4.69) is 9.97 Å². The van der Waals surface area contributed by atoms with Crippen LogP contribution in [0.15, 0.2) is 41.3 Å². The number of aromatic nitrogens is 2. The summed E-state index contributed by atoms with van der Waals surface area (Å²) in [4.78, 5) is 24.1. The van der Waals surface area contributed by atoms with Gasteiger partial charge >= 0.3 is 0 Å². The maximum absolute atomic E-state index is 13.1. The number of sulfonamides is 1. The molecule has 1 fully saturated rings. The van der Waals surface area contributed by atoms with Crippen LogP contribution in [0.1, 0.15) is 32.9 Å². The third-order valence-electron chi connectivity index (χ3n) is 5.80. The molecule has 0 aliphatic carbocycles. The molecule has 0 spiro atoms. The lowest BCUT2D eigenvalue weighted by Crippen LogP contribution is -2.50. The van der Waals surface area contributed by atoms with Crippen LogP contribution < -0.4 is 0 Å². The third-order valence-corrected chi connectivity index (χ3v) is 7.86. The predicted octanol–water partition coefficient (Wildman–Crippen LogP) is 3.01. The molecule has 4 rings (SSSR count). The van der Waals surface area contributed by atoms with E-state index in [4.69, 9.17) is 0 Å². The van der Waals surface area contributed by atoms with Gasteiger partial charge in [-0.3, -0.25) is 4.79 Å². The normalized spacial score (nSPS) is 15.4. The monoisotopic (exact) mass is 438 g/mol. The van der Waals surface area contributed by atoms with Gasteiger partial charge in [0.2, 0.25) is 10.0 Å². The Morgan fingerprint density at radius 2 is 1.48 bits per heavy atom. The van der Waals surface area contributed by atoms with Crippen LogP contribution in [0.5, 0.6) is 0 Å². The lowest BCUT2D eigenvalue weighted by atomic mass is 10.1. The number of hydrogen-bond donors (Lipinski definition) is 0. The fourth-order valence-electron chi connectivity index (χ4n) is 3.91. The topological polar surface area (TPSA) is 83.5 Å². The van der Waals surface area contributed by atoms with E-state index < -0.39 is 10.0 Å². The average molecular weight is 439 g/mol. The summed E-state index contributed by atoms with van der Waals surface area (Å²) in [5.41, 5.74) is 5.44. The first-order valence-corrected chi connectivity index (χ1v) is 11.7. The average Bonchev–Trinajstić information content (AvgIpc) is 2.73. The summed E-state index contributed by atoms with van der Waals surface area (Å²) in [7, 11) is -3.58. The summed E-state index contributed by atoms with van der Waals surface area (Å²) in [6.07, 6.45) is 0. The molecule has 0 radical (unpaired) electrons. The summed E-state index contributed by atoms with van der Waals surface area (Å²) >= 11 is 0. The van der Waals surface area contributed by atoms with Gasteiger partial charge in [-0.2, -0.15) is 4.31 Å². The number of amides is 1. The molecule has 1 saturated heterocycles. The van der Waals surface area contributed by atoms with E-state index in [9.17, 15) is 13.2 Å². The number of benzene rings is 2. The minimum absolute atomic E-state index is 0.120. The molecule has 162 valence electrons. The number of aryl methyl sites for hydroxylation is 4. The highest BCUT2D eigenvalue weighted by molar-refractivity contribution is 7.89. The Labute approximate surface area is 182 Å². The van der Waals surface area contributed by atoms with Gasteiger partial charge in [-0.25, -0.2) is 18.4 Å². The van der Waals surface area contributed by atoms with Gasteiger partial charge in [0.1, 0.15) is 0 Å². The number of fused-ring (bicyclic) bond motifs is 1. The molecule has 7 nitrogen and oxygen atoms in total. The molecule has 2 aromatic carbocycles. The van der Waals surface area contributed by atoms with Crippen molar-refractivity contribution < 1.29 is 13.2 Å². The van der Waals surface area contributed by atoms with Gasteiger partial charge in [-0.1, -0.05) is 17.7 Å². The zero-order chi connectivity index (χ0) is 22.3. The number of rotatable bonds is 3. The SMILES string of the molecule is Cc1ccc(S(=O)(=O)N2CCN(C(=O)c3ccc4nc(C)c(C)nc4c3)CC2)c(C)c1. The summed E-state index contributed by atoms with van der Waals surface area (Å²) in [6.45, 7) is 8.79. The van der Waals surface area contributed by atoms with Crippen LogP contribution in [0.4, 0.5) is 0 Å². The molecule has 0 N–H and O–H groups in total. The molecule has 0 bridgehead atoms. The molecule has 3 aromatic rings. The standard InChI is InChI=1S/C23H26N4O3S/c1-15-5-8-22(16(2)13-15)31(29,30)27-11-9-26(10-12-27)23(28)19-6-7-20-21(14-19)25-18(4)17(3)24-20/h5-8,13-14H,9-12H2,1-4H3. The number of nitrogens with zero attached hydrogens (tertiary/aromatic N) is 4. The van der Waals surface area contributed by atoms with Crippen LogP contribution in [-0.2, 0) is 10.0 Å². The predicted molar refractivity (Wildman–Crippen MR) is 120 cm³/mol. The lowest BCUT2D eigenvalue weighted by molar-refractivity contribution is 0.0698. The Hall–Kier alpha value is -2.84. The van der Waals surface area contributed by atoms with E-state index in [0.717, 1.165) is 28.0 Å². The molecule has 0 saturated carbocycles. The summed E-state index contributed by atoms with van der Waals surface area (Å²) in [6, 6.07) is 10.7. The second kappa shape index (κ2) is 8.01. The minimum Gasteiger partial charge on any atom is -0.336 e. The first-order chi connectivity index (χ1) is 14.7. The minimum atomic E-state index is -3.58. The largest absolute Gasteiger partial charge is 0.336 e. The van der Waals surface area contributed by atoms with Crippen LogP contribution in [0.2, 0.25) is 0 Å². The van der Waals surface area contributed by atoms with E-state index in [1.807, 2.05) is 45.9 Å². The highest BCUT2D eigenvalue weighted by atomic mass is 32.2. The Morgan fingerprint density at radius 3 is 2.13 bits per heavy atom. The molecule has 1 aromatic heterocycles. The van der Waals surface area contributed by atoms with E-state index in [1.165, 1.54) is 4.31 Å². The number of piperazine rings is 1. The van der Waals surface area contributed by atoms with Gasteiger partial charge in [0.25, 0.3) is 5.91 Å². The number of carbonyl (C=O) groups is 1. The molecule has 1 aliphatic heterocycles. The van der Waals surface area contributed by atoms with Crippen LogP contribution >= 0.6 is 0 Å². The quantitative estimate of drug-likeness (QED) is 0.628. The molecule has 1 amide bonds. The lowest BCUT2D eigenvalue weighted by Gasteiger charge is -2.34. The maximum atomic E-state index is 13.1. The Morgan fingerprint density at radius 1 is 0.839 bits per heavy atom. The molecule has 2 heterocycles. The van der Waals surface area contributed by atoms with Gasteiger partial charge in [0, 0.05) is 31.7 Å². The highest BCUT2D eigenvalue weighted by Crippen LogP contribution is 2.23. The van der Waals surface area contributed by atoms with Crippen molar-refractivity contribution in [3.05, 3.63) is 64.5 Å². The zero-order valence-electron chi connectivity index (χ0n) is 18.2. The second-order valence-electron chi connectivity index (χ2n) is 8.06. The summed E-state index contributed by atoms with van der Waals surface area (Å²) in [5.74, 6) is -0.120. The maximum Gasteiger partial charge on any atom is 0.254 e. The number of carbonyl (C=O) groups excluding carboxylic acids is 1. The zero-order valence-corrected chi connectivity index (χ0v) is 19.0. The first-order valence-electron chi connectivity index (χ1n) is 10.3. The fraction of sp³-hybridized carbons (Fsp3) is 0.348. The van der Waals surface area contributed by atoms with E-state index in [0.29, 0.717) is 29.1 Å². The molecule has 0 atom stereocenters. The van der Waals surface area contributed by atoms with E-state index in [-0.39, 0.29) is 19.0 Å². The summed E-state index contributed by atoms with van der Waals surface area (Å²) < 4.78 is 27.6. The van der Waals surface area contributed by atoms with Gasteiger partial charge in [0.05, 0.1) is 27.3 Å². The Kier molecular flexibility index (Phi) is 5.53. The highest BCUT2D eigenvalue weighted by Gasteiger charge is 2.31. The third kappa shape index (κ3) is 4.05. The van der Waals surface area contributed by atoms with Crippen molar-refractivity contribution >= 4 is 27.0 Å². The molecule has 31 heavy (non-hydrogen) atoms. The summed E-state index contributed by atoms with van der Waals surface area (Å²) in [5, 5.41) is 0. The van der Waals surface area contributed by atoms with Crippen molar-refractivity contribution in [2.45, 2.75) is 32.6 Å². The van der Waals surface area contributed by atoms with Crippen molar-refractivity contribution in [3.63, 3.8) is 0 Å². The molecule has 1 aliphatic rings. The van der Waals surface area contributed by atoms with Crippen LogP contribution in [0.3, 0.4) is 0 Å². The van der Waals surface area contributed by atoms with Crippen molar-refractivity contribution in [1.29, 1.82) is 0 Å². The second-order valence-corrected chi connectivity index (χ2v) is 9.97. The van der Waals surface area contributed by atoms with Crippen molar-refractivity contribution in [2.24, 2.45) is 0 Å². The molecule has 8 heteroatoms. The molecular weight excluding hydrogens is 412 g/mol. The van der Waals surface area contributed by atoms with Crippen LogP contribution in [0, 0.1) is 27.7 Å². The van der Waals surface area contributed by atoms with Crippen molar-refractivity contribution in [2.75, 3.05) is 26.2 Å². The van der Waals surface area contributed by atoms with Crippen molar-refractivity contribution in [3.8, 4) is 0 Å². The van der Waals surface area contributed by atoms with Crippen LogP contribution in [-0.4, -0.2) is 59.7 Å². The van der Waals surface area contributed by atoms with Crippen LogP contribution in [0.25, 0.3) is 11.0 Å². The van der Waals surface area contributed by atoms with Gasteiger partial charge < -0.3 is 4.90 Å². The van der Waals surface area contributed by atoms with Gasteiger partial charge in [-0.15, -0.1) is 0 Å². The van der Waals surface area contributed by atoms with Gasteiger partial charge in [0.15, 0.2) is 0 Å². The van der Waals surface area contributed by atoms with Crippen molar-refractivity contribution in [1.82, 2.24) is 19.2 Å². The fourth-order valence-corrected chi connectivity index (χ4v) is 5.53. The smallest absolute Gasteiger partial charge is 0.254 e. The molecule has 0 unspecified atom stereocenters. The van der Waals surface area contributed by atoms with E-state index in [1.54, 1.807) is 23.1 Å². The molecular formula is C23H26N4O3S.